The molecule has 2 aliphatic heterocycles. The number of methoxy groups -OCH3 is 1. The lowest BCUT2D eigenvalue weighted by Gasteiger charge is -2.32. The lowest BCUT2D eigenvalue weighted by molar-refractivity contribution is -0.144. The van der Waals surface area contributed by atoms with Crippen LogP contribution < -0.4 is 4.74 Å². The van der Waals surface area contributed by atoms with Crippen LogP contribution in [-0.2, 0) is 27.4 Å². The van der Waals surface area contributed by atoms with Gasteiger partial charge in [-0.3, -0.25) is 4.79 Å². The van der Waals surface area contributed by atoms with Crippen LogP contribution in [0.25, 0.3) is 0 Å². The summed E-state index contributed by atoms with van der Waals surface area (Å²) in [5, 5.41) is 4.16. The topological polar surface area (TPSA) is 60.4 Å². The van der Waals surface area contributed by atoms with Gasteiger partial charge in [0.05, 0.1) is 25.5 Å². The zero-order valence-corrected chi connectivity index (χ0v) is 17.3. The van der Waals surface area contributed by atoms with Crippen molar-refractivity contribution in [2.75, 3.05) is 20.2 Å². The quantitative estimate of drug-likeness (QED) is 0.703. The van der Waals surface area contributed by atoms with Crippen LogP contribution in [0, 0.1) is 0 Å². The molecule has 2 aliphatic rings. The zero-order valence-electron chi connectivity index (χ0n) is 17.3. The van der Waals surface area contributed by atoms with E-state index in [0.29, 0.717) is 32.5 Å². The molecule has 0 saturated carbocycles. The molecule has 0 spiro atoms. The molecule has 0 N–H and O–H groups in total. The van der Waals surface area contributed by atoms with E-state index in [9.17, 15) is 4.79 Å². The van der Waals surface area contributed by atoms with Gasteiger partial charge in [-0.1, -0.05) is 47.6 Å². The van der Waals surface area contributed by atoms with E-state index < -0.39 is 6.10 Å². The number of hydrogen-bond acceptors (Lipinski definition) is 5. The minimum absolute atomic E-state index is 0.0324. The highest BCUT2D eigenvalue weighted by molar-refractivity contribution is 5.94. The summed E-state index contributed by atoms with van der Waals surface area (Å²) in [5.74, 6) is 0.859. The standard InChI is InChI=1S/C24H28N2O4/c1-28-21-9-7-18(8-10-21)15-20-16-23(30-25-20)24(27)26-13-11-22(12-14-26)29-17-19-5-3-2-4-6-19/h2-10,22-23H,11-17H2,1H3. The molecule has 0 bridgehead atoms. The highest BCUT2D eigenvalue weighted by Gasteiger charge is 2.33. The molecule has 6 heteroatoms. The molecule has 158 valence electrons. The number of hydrogen-bond donors (Lipinski definition) is 0. The molecule has 0 aliphatic carbocycles. The van der Waals surface area contributed by atoms with E-state index in [4.69, 9.17) is 14.3 Å². The second-order valence-corrected chi connectivity index (χ2v) is 7.80. The summed E-state index contributed by atoms with van der Waals surface area (Å²) in [7, 11) is 1.65. The molecule has 4 rings (SSSR count). The van der Waals surface area contributed by atoms with Gasteiger partial charge in [-0.2, -0.15) is 0 Å². The Labute approximate surface area is 177 Å². The fraction of sp³-hybridized carbons (Fsp3) is 0.417. The van der Waals surface area contributed by atoms with Crippen LogP contribution in [-0.4, -0.2) is 48.9 Å². The molecular formula is C24H28N2O4. The van der Waals surface area contributed by atoms with Gasteiger partial charge >= 0.3 is 0 Å². The van der Waals surface area contributed by atoms with Crippen molar-refractivity contribution < 1.29 is 19.1 Å². The van der Waals surface area contributed by atoms with Gasteiger partial charge in [0.25, 0.3) is 5.91 Å². The minimum atomic E-state index is -0.500. The number of ether oxygens (including phenoxy) is 2. The number of amides is 1. The van der Waals surface area contributed by atoms with Crippen LogP contribution >= 0.6 is 0 Å². The first-order valence-corrected chi connectivity index (χ1v) is 10.5. The molecule has 1 amide bonds. The first kappa shape index (κ1) is 20.4. The number of benzene rings is 2. The first-order chi connectivity index (χ1) is 14.7. The van der Waals surface area contributed by atoms with Gasteiger partial charge < -0.3 is 19.2 Å². The lowest BCUT2D eigenvalue weighted by atomic mass is 10.0. The van der Waals surface area contributed by atoms with Crippen molar-refractivity contribution in [3.8, 4) is 5.75 Å². The Morgan fingerprint density at radius 2 is 1.80 bits per heavy atom. The first-order valence-electron chi connectivity index (χ1n) is 10.5. The van der Waals surface area contributed by atoms with Gasteiger partial charge in [-0.15, -0.1) is 0 Å². The van der Waals surface area contributed by atoms with E-state index in [-0.39, 0.29) is 12.0 Å². The van der Waals surface area contributed by atoms with Crippen LogP contribution in [0.4, 0.5) is 0 Å². The molecule has 0 radical (unpaired) electrons. The maximum atomic E-state index is 12.8. The molecule has 1 saturated heterocycles. The zero-order chi connectivity index (χ0) is 20.8. The summed E-state index contributed by atoms with van der Waals surface area (Å²) in [6.07, 6.45) is 2.63. The van der Waals surface area contributed by atoms with Crippen molar-refractivity contribution in [2.45, 2.75) is 44.5 Å². The van der Waals surface area contributed by atoms with Crippen molar-refractivity contribution in [1.82, 2.24) is 4.90 Å². The second-order valence-electron chi connectivity index (χ2n) is 7.80. The van der Waals surface area contributed by atoms with Gasteiger partial charge in [0.1, 0.15) is 5.75 Å². The Hall–Kier alpha value is -2.86. The number of carbonyl (C=O) groups is 1. The summed E-state index contributed by atoms with van der Waals surface area (Å²) < 4.78 is 11.2. The van der Waals surface area contributed by atoms with E-state index >= 15 is 0 Å². The van der Waals surface area contributed by atoms with E-state index in [1.165, 1.54) is 5.56 Å². The molecule has 30 heavy (non-hydrogen) atoms. The Bertz CT molecular complexity index is 859. The van der Waals surface area contributed by atoms with Crippen LogP contribution in [0.1, 0.15) is 30.4 Å². The molecule has 1 unspecified atom stereocenters. The lowest BCUT2D eigenvalue weighted by Crippen LogP contribution is -2.45. The van der Waals surface area contributed by atoms with E-state index in [2.05, 4.69) is 17.3 Å². The number of likely N-dealkylation sites (tertiary alicyclic amines) is 1. The number of piperidine rings is 1. The number of oxime groups is 1. The Morgan fingerprint density at radius 3 is 2.50 bits per heavy atom. The molecule has 0 aromatic heterocycles. The normalized spacial score (nSPS) is 19.3. The SMILES string of the molecule is COc1ccc(CC2=NOC(C(=O)N3CCC(OCc4ccccc4)CC3)C2)cc1. The summed E-state index contributed by atoms with van der Waals surface area (Å²) in [4.78, 5) is 20.2. The molecule has 2 aromatic carbocycles. The molecule has 1 fully saturated rings. The van der Waals surface area contributed by atoms with Gasteiger partial charge in [0.15, 0.2) is 0 Å². The predicted molar refractivity (Wildman–Crippen MR) is 114 cm³/mol. The predicted octanol–water partition coefficient (Wildman–Crippen LogP) is 3.59. The van der Waals surface area contributed by atoms with Crippen LogP contribution in [0.3, 0.4) is 0 Å². The molecule has 1 atom stereocenters. The van der Waals surface area contributed by atoms with Crippen molar-refractivity contribution in [3.05, 3.63) is 65.7 Å². The summed E-state index contributed by atoms with van der Waals surface area (Å²) in [6.45, 7) is 2.02. The van der Waals surface area contributed by atoms with Crippen molar-refractivity contribution in [1.29, 1.82) is 0 Å². The van der Waals surface area contributed by atoms with E-state index in [0.717, 1.165) is 29.9 Å². The van der Waals surface area contributed by atoms with Crippen molar-refractivity contribution in [2.24, 2.45) is 5.16 Å². The Kier molecular flexibility index (Phi) is 6.64. The minimum Gasteiger partial charge on any atom is -0.497 e. The second kappa shape index (κ2) is 9.76. The Morgan fingerprint density at radius 1 is 1.07 bits per heavy atom. The molecular weight excluding hydrogens is 380 g/mol. The molecule has 2 aromatic rings. The largest absolute Gasteiger partial charge is 0.497 e. The average molecular weight is 408 g/mol. The van der Waals surface area contributed by atoms with Crippen LogP contribution in [0.15, 0.2) is 59.8 Å². The highest BCUT2D eigenvalue weighted by Crippen LogP contribution is 2.21. The van der Waals surface area contributed by atoms with Crippen LogP contribution in [0.2, 0.25) is 0 Å². The third-order valence-electron chi connectivity index (χ3n) is 5.65. The smallest absolute Gasteiger partial charge is 0.266 e. The molecule has 6 nitrogen and oxygen atoms in total. The molecule has 2 heterocycles. The number of rotatable bonds is 7. The van der Waals surface area contributed by atoms with Gasteiger partial charge in [-0.25, -0.2) is 0 Å². The Balaban J connectivity index is 1.20. The monoisotopic (exact) mass is 408 g/mol. The van der Waals surface area contributed by atoms with Crippen molar-refractivity contribution >= 4 is 11.6 Å². The van der Waals surface area contributed by atoms with Crippen LogP contribution in [0.5, 0.6) is 5.75 Å². The fourth-order valence-electron chi connectivity index (χ4n) is 3.88. The maximum absolute atomic E-state index is 12.8. The van der Waals surface area contributed by atoms with Gasteiger partial charge in [0.2, 0.25) is 6.10 Å². The van der Waals surface area contributed by atoms with E-state index in [1.807, 2.05) is 47.4 Å². The summed E-state index contributed by atoms with van der Waals surface area (Å²) >= 11 is 0. The van der Waals surface area contributed by atoms with Crippen molar-refractivity contribution in [3.63, 3.8) is 0 Å². The fourth-order valence-corrected chi connectivity index (χ4v) is 3.88. The third kappa shape index (κ3) is 5.19. The number of nitrogens with zero attached hydrogens (tertiary/aromatic N) is 2. The maximum Gasteiger partial charge on any atom is 0.266 e. The third-order valence-corrected chi connectivity index (χ3v) is 5.65. The van der Waals surface area contributed by atoms with Gasteiger partial charge in [0, 0.05) is 25.9 Å². The van der Waals surface area contributed by atoms with Gasteiger partial charge in [-0.05, 0) is 36.1 Å². The summed E-state index contributed by atoms with van der Waals surface area (Å²) in [6, 6.07) is 18.1. The summed E-state index contributed by atoms with van der Waals surface area (Å²) in [5.41, 5.74) is 3.21. The number of carbonyl (C=O) groups excluding carboxylic acids is 1. The van der Waals surface area contributed by atoms with E-state index in [1.54, 1.807) is 7.11 Å². The average Bonchev–Trinajstić information content (AvgIpc) is 3.27. The highest BCUT2D eigenvalue weighted by atomic mass is 16.6.